The van der Waals surface area contributed by atoms with E-state index < -0.39 is 6.10 Å². The number of hydrogen-bond donors (Lipinski definition) is 2. The van der Waals surface area contributed by atoms with Crippen molar-refractivity contribution in [2.45, 2.75) is 12.6 Å². The fraction of sp³-hybridized carbons (Fsp3) is 0.217. The van der Waals surface area contributed by atoms with E-state index in [2.05, 4.69) is 5.32 Å². The maximum absolute atomic E-state index is 11.1. The number of ether oxygens (including phenoxy) is 3. The van der Waals surface area contributed by atoms with Crippen LogP contribution >= 0.6 is 23.2 Å². The summed E-state index contributed by atoms with van der Waals surface area (Å²) in [6.07, 6.45) is -0.988. The van der Waals surface area contributed by atoms with Crippen molar-refractivity contribution in [2.75, 3.05) is 26.6 Å². The lowest BCUT2D eigenvalue weighted by Gasteiger charge is -2.20. The van der Waals surface area contributed by atoms with E-state index in [0.29, 0.717) is 45.0 Å². The van der Waals surface area contributed by atoms with E-state index in [4.69, 9.17) is 37.4 Å². The predicted molar refractivity (Wildman–Crippen MR) is 120 cm³/mol. The van der Waals surface area contributed by atoms with Crippen LogP contribution in [0.3, 0.4) is 0 Å². The Bertz CT molecular complexity index is 1030. The van der Waals surface area contributed by atoms with Crippen molar-refractivity contribution in [3.63, 3.8) is 0 Å². The second-order valence-corrected chi connectivity index (χ2v) is 7.37. The van der Waals surface area contributed by atoms with Gasteiger partial charge in [-0.05, 0) is 36.4 Å². The van der Waals surface area contributed by atoms with E-state index in [1.54, 1.807) is 44.6 Å². The third-order valence-corrected chi connectivity index (χ3v) is 5.30. The summed E-state index contributed by atoms with van der Waals surface area (Å²) in [6.45, 7) is 0.473. The number of anilines is 1. The van der Waals surface area contributed by atoms with Gasteiger partial charge in [0.1, 0.15) is 23.4 Å². The highest BCUT2D eigenvalue weighted by atomic mass is 35.5. The Labute approximate surface area is 186 Å². The molecule has 0 fully saturated rings. The zero-order valence-corrected chi connectivity index (χ0v) is 18.4. The highest BCUT2D eigenvalue weighted by molar-refractivity contribution is 6.32. The Kier molecular flexibility index (Phi) is 7.32. The van der Waals surface area contributed by atoms with Gasteiger partial charge in [0.2, 0.25) is 0 Å². The maximum Gasteiger partial charge on any atom is 0.143 e. The predicted octanol–water partition coefficient (Wildman–Crippen LogP) is 5.71. The van der Waals surface area contributed by atoms with Crippen LogP contribution in [0.1, 0.15) is 22.8 Å². The van der Waals surface area contributed by atoms with Gasteiger partial charge >= 0.3 is 0 Å². The monoisotopic (exact) mass is 447 g/mol. The van der Waals surface area contributed by atoms with Gasteiger partial charge in [0, 0.05) is 40.0 Å². The van der Waals surface area contributed by atoms with Gasteiger partial charge in [-0.25, -0.2) is 0 Å². The topological polar surface area (TPSA) is 60.0 Å². The molecule has 1 unspecified atom stereocenters. The molecule has 0 aliphatic rings. The summed E-state index contributed by atoms with van der Waals surface area (Å²) in [5.41, 5.74) is 2.83. The van der Waals surface area contributed by atoms with Gasteiger partial charge in [0.15, 0.2) is 0 Å². The molecule has 5 nitrogen and oxygen atoms in total. The first-order valence-corrected chi connectivity index (χ1v) is 9.98. The molecule has 0 amide bonds. The van der Waals surface area contributed by atoms with Crippen LogP contribution in [0.4, 0.5) is 5.69 Å². The standard InChI is InChI=1S/C23H23Cl2NO4/c1-28-16-9-7-14(21(12-16)29-2)13-26-20-10-8-15(24)11-18(20)22(27)17-5-4-6-19(25)23(17)30-3/h4-12,22,26-27H,13H2,1-3H3. The van der Waals surface area contributed by atoms with Gasteiger partial charge in [-0.2, -0.15) is 0 Å². The Morgan fingerprint density at radius 1 is 0.900 bits per heavy atom. The first-order chi connectivity index (χ1) is 14.5. The molecule has 7 heteroatoms. The van der Waals surface area contributed by atoms with E-state index >= 15 is 0 Å². The molecule has 0 saturated heterocycles. The molecular weight excluding hydrogens is 425 g/mol. The Hall–Kier alpha value is -2.60. The lowest BCUT2D eigenvalue weighted by atomic mass is 9.98. The van der Waals surface area contributed by atoms with Gasteiger partial charge in [-0.1, -0.05) is 35.3 Å². The average Bonchev–Trinajstić information content (AvgIpc) is 2.77. The van der Waals surface area contributed by atoms with E-state index in [1.165, 1.54) is 7.11 Å². The van der Waals surface area contributed by atoms with Gasteiger partial charge < -0.3 is 24.6 Å². The number of aliphatic hydroxyl groups is 1. The molecule has 158 valence electrons. The molecule has 0 radical (unpaired) electrons. The Balaban J connectivity index is 1.92. The van der Waals surface area contributed by atoms with Crippen molar-refractivity contribution in [3.8, 4) is 17.2 Å². The first kappa shape index (κ1) is 22.1. The van der Waals surface area contributed by atoms with Crippen molar-refractivity contribution in [2.24, 2.45) is 0 Å². The molecule has 0 aromatic heterocycles. The molecule has 3 aromatic rings. The van der Waals surface area contributed by atoms with Crippen LogP contribution < -0.4 is 19.5 Å². The van der Waals surface area contributed by atoms with Crippen LogP contribution in [0.25, 0.3) is 0 Å². The second kappa shape index (κ2) is 9.94. The van der Waals surface area contributed by atoms with E-state index in [1.807, 2.05) is 24.3 Å². The lowest BCUT2D eigenvalue weighted by molar-refractivity contribution is 0.215. The van der Waals surface area contributed by atoms with Crippen molar-refractivity contribution in [1.82, 2.24) is 0 Å². The second-order valence-electron chi connectivity index (χ2n) is 6.53. The summed E-state index contributed by atoms with van der Waals surface area (Å²) in [5.74, 6) is 1.84. The summed E-state index contributed by atoms with van der Waals surface area (Å²) < 4.78 is 16.1. The Morgan fingerprint density at radius 2 is 1.70 bits per heavy atom. The number of hydrogen-bond acceptors (Lipinski definition) is 5. The van der Waals surface area contributed by atoms with Gasteiger partial charge in [-0.3, -0.25) is 0 Å². The fourth-order valence-electron chi connectivity index (χ4n) is 3.23. The number of halogens is 2. The zero-order valence-electron chi connectivity index (χ0n) is 16.9. The van der Waals surface area contributed by atoms with Crippen molar-refractivity contribution in [3.05, 3.63) is 81.3 Å². The summed E-state index contributed by atoms with van der Waals surface area (Å²) >= 11 is 12.5. The number of para-hydroxylation sites is 1. The molecule has 30 heavy (non-hydrogen) atoms. The van der Waals surface area contributed by atoms with Crippen LogP contribution in [-0.4, -0.2) is 26.4 Å². The molecule has 1 atom stereocenters. The minimum atomic E-state index is -0.988. The van der Waals surface area contributed by atoms with Crippen molar-refractivity contribution < 1.29 is 19.3 Å². The SMILES string of the molecule is COc1ccc(CNc2ccc(Cl)cc2C(O)c2cccc(Cl)c2OC)c(OC)c1. The van der Waals surface area contributed by atoms with Crippen LogP contribution in [0.15, 0.2) is 54.6 Å². The van der Waals surface area contributed by atoms with Gasteiger partial charge in [-0.15, -0.1) is 0 Å². The van der Waals surface area contributed by atoms with Crippen molar-refractivity contribution in [1.29, 1.82) is 0 Å². The highest BCUT2D eigenvalue weighted by Crippen LogP contribution is 2.38. The lowest BCUT2D eigenvalue weighted by Crippen LogP contribution is -2.09. The van der Waals surface area contributed by atoms with Gasteiger partial charge in [0.25, 0.3) is 0 Å². The Morgan fingerprint density at radius 3 is 2.40 bits per heavy atom. The van der Waals surface area contributed by atoms with E-state index in [0.717, 1.165) is 11.3 Å². The molecule has 0 saturated carbocycles. The molecule has 3 rings (SSSR count). The fourth-order valence-corrected chi connectivity index (χ4v) is 3.67. The molecule has 2 N–H and O–H groups in total. The highest BCUT2D eigenvalue weighted by Gasteiger charge is 2.21. The minimum Gasteiger partial charge on any atom is -0.497 e. The van der Waals surface area contributed by atoms with Crippen LogP contribution in [0, 0.1) is 0 Å². The first-order valence-electron chi connectivity index (χ1n) is 9.23. The van der Waals surface area contributed by atoms with E-state index in [9.17, 15) is 5.11 Å². The minimum absolute atomic E-state index is 0.425. The smallest absolute Gasteiger partial charge is 0.143 e. The van der Waals surface area contributed by atoms with E-state index in [-0.39, 0.29) is 0 Å². The molecule has 0 aliphatic carbocycles. The molecule has 0 heterocycles. The summed E-state index contributed by atoms with van der Waals surface area (Å²) in [5, 5.41) is 15.4. The number of rotatable bonds is 8. The van der Waals surface area contributed by atoms with Gasteiger partial charge in [0.05, 0.1) is 26.4 Å². The maximum atomic E-state index is 11.1. The van der Waals surface area contributed by atoms with Crippen LogP contribution in [-0.2, 0) is 6.54 Å². The van der Waals surface area contributed by atoms with Crippen molar-refractivity contribution >= 4 is 28.9 Å². The zero-order chi connectivity index (χ0) is 21.7. The molecule has 0 aliphatic heterocycles. The number of aliphatic hydroxyl groups excluding tert-OH is 1. The number of methoxy groups -OCH3 is 3. The molecule has 0 spiro atoms. The number of benzene rings is 3. The molecule has 0 bridgehead atoms. The summed E-state index contributed by atoms with van der Waals surface area (Å²) in [7, 11) is 4.74. The quantitative estimate of drug-likeness (QED) is 0.462. The summed E-state index contributed by atoms with van der Waals surface area (Å²) in [4.78, 5) is 0. The normalized spacial score (nSPS) is 11.7. The third-order valence-electron chi connectivity index (χ3n) is 4.77. The van der Waals surface area contributed by atoms with Crippen LogP contribution in [0.2, 0.25) is 10.0 Å². The van der Waals surface area contributed by atoms with Crippen LogP contribution in [0.5, 0.6) is 17.2 Å². The number of nitrogens with one attached hydrogen (secondary N) is 1. The molecule has 3 aromatic carbocycles. The molecular formula is C23H23Cl2NO4. The average molecular weight is 448 g/mol. The third kappa shape index (κ3) is 4.75. The summed E-state index contributed by atoms with van der Waals surface area (Å²) in [6, 6.07) is 16.2. The largest absolute Gasteiger partial charge is 0.497 e.